The van der Waals surface area contributed by atoms with E-state index in [1.165, 1.54) is 32.4 Å². The standard InChI is InChI=1S/C23H44N4O/c1-5-25-13-8-19(16-25)17-27(21-6-11-24-12-7-21)22(28)18-26-14-9-20(10-15-26)23(2,3)4/h19-21,24H,5-18H2,1-4H3. The van der Waals surface area contributed by atoms with Crippen molar-refractivity contribution in [2.75, 3.05) is 58.9 Å². The zero-order chi connectivity index (χ0) is 20.1. The molecule has 0 bridgehead atoms. The minimum Gasteiger partial charge on any atom is -0.338 e. The molecule has 0 aromatic heterocycles. The second kappa shape index (κ2) is 9.90. The lowest BCUT2D eigenvalue weighted by Gasteiger charge is -2.41. The fraction of sp³-hybridized carbons (Fsp3) is 0.957. The largest absolute Gasteiger partial charge is 0.338 e. The van der Waals surface area contributed by atoms with Gasteiger partial charge in [-0.05, 0) is 88.6 Å². The SMILES string of the molecule is CCN1CCC(CN(C(=O)CN2CCC(C(C)(C)C)CC2)C2CCNCC2)C1. The van der Waals surface area contributed by atoms with Crippen LogP contribution >= 0.6 is 0 Å². The van der Waals surface area contributed by atoms with Crippen LogP contribution in [0.1, 0.15) is 59.8 Å². The Morgan fingerprint density at radius 1 is 1.00 bits per heavy atom. The third-order valence-corrected chi connectivity index (χ3v) is 7.51. The van der Waals surface area contributed by atoms with Crippen LogP contribution in [0, 0.1) is 17.3 Å². The summed E-state index contributed by atoms with van der Waals surface area (Å²) in [6, 6.07) is 0.441. The summed E-state index contributed by atoms with van der Waals surface area (Å²) in [6.07, 6.45) is 5.94. The summed E-state index contributed by atoms with van der Waals surface area (Å²) in [6.45, 7) is 18.7. The highest BCUT2D eigenvalue weighted by atomic mass is 16.2. The summed E-state index contributed by atoms with van der Waals surface area (Å²) < 4.78 is 0. The Balaban J connectivity index is 1.56. The first-order chi connectivity index (χ1) is 13.4. The highest BCUT2D eigenvalue weighted by Crippen LogP contribution is 2.34. The Hall–Kier alpha value is -0.650. The summed E-state index contributed by atoms with van der Waals surface area (Å²) in [5, 5.41) is 3.46. The molecule has 3 heterocycles. The van der Waals surface area contributed by atoms with Gasteiger partial charge in [0.05, 0.1) is 6.54 Å². The topological polar surface area (TPSA) is 38.8 Å². The van der Waals surface area contributed by atoms with Gasteiger partial charge in [0.25, 0.3) is 0 Å². The molecule has 28 heavy (non-hydrogen) atoms. The van der Waals surface area contributed by atoms with Gasteiger partial charge >= 0.3 is 0 Å². The lowest BCUT2D eigenvalue weighted by molar-refractivity contribution is -0.136. The Kier molecular flexibility index (Phi) is 7.80. The summed E-state index contributed by atoms with van der Waals surface area (Å²) in [4.78, 5) is 20.6. The van der Waals surface area contributed by atoms with Crippen molar-refractivity contribution >= 4 is 5.91 Å². The molecule has 1 atom stereocenters. The maximum Gasteiger partial charge on any atom is 0.237 e. The van der Waals surface area contributed by atoms with Crippen LogP contribution in [0.15, 0.2) is 0 Å². The predicted octanol–water partition coefficient (Wildman–Crippen LogP) is 2.67. The Morgan fingerprint density at radius 2 is 1.64 bits per heavy atom. The van der Waals surface area contributed by atoms with Gasteiger partial charge in [0, 0.05) is 19.1 Å². The van der Waals surface area contributed by atoms with Crippen LogP contribution in [0.5, 0.6) is 0 Å². The van der Waals surface area contributed by atoms with E-state index in [4.69, 9.17) is 0 Å². The molecule has 1 amide bonds. The third-order valence-electron chi connectivity index (χ3n) is 7.51. The van der Waals surface area contributed by atoms with Crippen molar-refractivity contribution in [3.8, 4) is 0 Å². The van der Waals surface area contributed by atoms with E-state index in [2.05, 4.69) is 47.7 Å². The lowest BCUT2D eigenvalue weighted by Crippen LogP contribution is -2.52. The number of nitrogens with one attached hydrogen (secondary N) is 1. The molecule has 0 aromatic rings. The second-order valence-corrected chi connectivity index (χ2v) is 10.5. The van der Waals surface area contributed by atoms with E-state index in [1.54, 1.807) is 0 Å². The summed E-state index contributed by atoms with van der Waals surface area (Å²) in [5.74, 6) is 1.83. The van der Waals surface area contributed by atoms with Crippen molar-refractivity contribution in [2.24, 2.45) is 17.3 Å². The molecule has 3 aliphatic heterocycles. The number of rotatable bonds is 6. The normalized spacial score (nSPS) is 26.6. The van der Waals surface area contributed by atoms with Gasteiger partial charge in [0.2, 0.25) is 5.91 Å². The highest BCUT2D eigenvalue weighted by Gasteiger charge is 2.33. The van der Waals surface area contributed by atoms with Crippen LogP contribution in [0.3, 0.4) is 0 Å². The Bertz CT molecular complexity index is 489. The molecule has 0 radical (unpaired) electrons. The molecule has 1 unspecified atom stereocenters. The molecular formula is C23H44N4O. The van der Waals surface area contributed by atoms with Crippen molar-refractivity contribution in [3.05, 3.63) is 0 Å². The minimum absolute atomic E-state index is 0.385. The maximum absolute atomic E-state index is 13.4. The van der Waals surface area contributed by atoms with Crippen LogP contribution in [-0.4, -0.2) is 85.6 Å². The maximum atomic E-state index is 13.4. The molecule has 0 aromatic carbocycles. The predicted molar refractivity (Wildman–Crippen MR) is 116 cm³/mol. The average molecular weight is 393 g/mol. The number of hydrogen-bond acceptors (Lipinski definition) is 4. The van der Waals surface area contributed by atoms with Gasteiger partial charge in [-0.15, -0.1) is 0 Å². The first-order valence-electron chi connectivity index (χ1n) is 11.8. The van der Waals surface area contributed by atoms with Gasteiger partial charge < -0.3 is 15.1 Å². The van der Waals surface area contributed by atoms with Crippen LogP contribution in [-0.2, 0) is 4.79 Å². The number of likely N-dealkylation sites (tertiary alicyclic amines) is 2. The molecule has 162 valence electrons. The van der Waals surface area contributed by atoms with E-state index in [0.717, 1.165) is 58.0 Å². The lowest BCUT2D eigenvalue weighted by atomic mass is 9.75. The molecule has 1 N–H and O–H groups in total. The van der Waals surface area contributed by atoms with Gasteiger partial charge in [-0.2, -0.15) is 0 Å². The number of carbonyl (C=O) groups is 1. The summed E-state index contributed by atoms with van der Waals surface area (Å²) in [5.41, 5.74) is 0.394. The first kappa shape index (κ1) is 22.0. The van der Waals surface area contributed by atoms with Crippen molar-refractivity contribution in [1.82, 2.24) is 20.0 Å². The number of carbonyl (C=O) groups excluding carboxylic acids is 1. The molecule has 0 saturated carbocycles. The molecule has 3 saturated heterocycles. The van der Waals surface area contributed by atoms with E-state index in [1.807, 2.05) is 0 Å². The quantitative estimate of drug-likeness (QED) is 0.754. The Labute approximate surface area is 173 Å². The van der Waals surface area contributed by atoms with Crippen molar-refractivity contribution in [3.63, 3.8) is 0 Å². The fourth-order valence-electron chi connectivity index (χ4n) is 5.44. The number of hydrogen-bond donors (Lipinski definition) is 1. The van der Waals surface area contributed by atoms with Crippen LogP contribution in [0.4, 0.5) is 0 Å². The number of amides is 1. The highest BCUT2D eigenvalue weighted by molar-refractivity contribution is 5.78. The van der Waals surface area contributed by atoms with Gasteiger partial charge in [-0.25, -0.2) is 0 Å². The van der Waals surface area contributed by atoms with E-state index in [9.17, 15) is 4.79 Å². The number of piperidine rings is 2. The van der Waals surface area contributed by atoms with Crippen molar-refractivity contribution < 1.29 is 4.79 Å². The minimum atomic E-state index is 0.385. The molecule has 0 spiro atoms. The summed E-state index contributed by atoms with van der Waals surface area (Å²) in [7, 11) is 0. The molecule has 5 nitrogen and oxygen atoms in total. The van der Waals surface area contributed by atoms with Crippen molar-refractivity contribution in [1.29, 1.82) is 0 Å². The first-order valence-corrected chi connectivity index (χ1v) is 11.8. The van der Waals surface area contributed by atoms with Crippen LogP contribution in [0.2, 0.25) is 0 Å². The van der Waals surface area contributed by atoms with E-state index < -0.39 is 0 Å². The molecular weight excluding hydrogens is 348 g/mol. The van der Waals surface area contributed by atoms with Gasteiger partial charge in [0.1, 0.15) is 0 Å². The smallest absolute Gasteiger partial charge is 0.237 e. The van der Waals surface area contributed by atoms with Gasteiger partial charge in [-0.3, -0.25) is 9.69 Å². The van der Waals surface area contributed by atoms with Crippen LogP contribution in [0.25, 0.3) is 0 Å². The van der Waals surface area contributed by atoms with Crippen LogP contribution < -0.4 is 5.32 Å². The zero-order valence-electron chi connectivity index (χ0n) is 18.9. The monoisotopic (exact) mass is 392 g/mol. The summed E-state index contributed by atoms with van der Waals surface area (Å²) >= 11 is 0. The second-order valence-electron chi connectivity index (χ2n) is 10.5. The van der Waals surface area contributed by atoms with Gasteiger partial charge in [-0.1, -0.05) is 27.7 Å². The zero-order valence-corrected chi connectivity index (χ0v) is 18.9. The molecule has 3 fully saturated rings. The fourth-order valence-corrected chi connectivity index (χ4v) is 5.44. The van der Waals surface area contributed by atoms with Crippen molar-refractivity contribution in [2.45, 2.75) is 65.8 Å². The van der Waals surface area contributed by atoms with Gasteiger partial charge in [0.15, 0.2) is 0 Å². The van der Waals surface area contributed by atoms with E-state index in [0.29, 0.717) is 29.8 Å². The molecule has 3 rings (SSSR count). The molecule has 5 heteroatoms. The number of nitrogens with zero attached hydrogens (tertiary/aromatic N) is 3. The van der Waals surface area contributed by atoms with E-state index >= 15 is 0 Å². The van der Waals surface area contributed by atoms with E-state index in [-0.39, 0.29) is 0 Å². The molecule has 0 aliphatic carbocycles. The average Bonchev–Trinajstić information content (AvgIpc) is 3.14. The Morgan fingerprint density at radius 3 is 2.21 bits per heavy atom. The molecule has 3 aliphatic rings. The third kappa shape index (κ3) is 5.93.